The molecule has 1 heterocycles. The Hall–Kier alpha value is -1.65. The minimum atomic E-state index is -0.681. The fraction of sp³-hybridized carbons (Fsp3) is 0.722. The van der Waals surface area contributed by atoms with Crippen molar-refractivity contribution in [2.24, 2.45) is 23.7 Å². The Morgan fingerprint density at radius 2 is 1.61 bits per heavy atom. The zero-order valence-electron chi connectivity index (χ0n) is 14.5. The Morgan fingerprint density at radius 1 is 1.09 bits per heavy atom. The Balaban J connectivity index is 2.19. The van der Waals surface area contributed by atoms with E-state index in [1.807, 2.05) is 39.8 Å². The van der Waals surface area contributed by atoms with Gasteiger partial charge < -0.3 is 5.32 Å². The van der Waals surface area contributed by atoms with Crippen LogP contribution >= 0.6 is 0 Å². The highest BCUT2D eigenvalue weighted by Gasteiger charge is 2.51. The topological polar surface area (TPSA) is 66.5 Å². The third kappa shape index (κ3) is 3.82. The molecule has 3 amide bonds. The van der Waals surface area contributed by atoms with Crippen LogP contribution in [-0.2, 0) is 14.4 Å². The highest BCUT2D eigenvalue weighted by Crippen LogP contribution is 2.37. The summed E-state index contributed by atoms with van der Waals surface area (Å²) in [6, 6.07) is -0.681. The molecule has 0 saturated carbocycles. The molecule has 0 bridgehead atoms. The SMILES string of the molecule is CC(C)CNC(=O)[C@H](CC(C)C)N1C(=O)[C@H]2CC=CC[C@@H]2C1=O. The molecule has 0 spiro atoms. The Bertz CT molecular complexity index is 484. The average Bonchev–Trinajstić information content (AvgIpc) is 2.74. The third-order valence-electron chi connectivity index (χ3n) is 4.54. The van der Waals surface area contributed by atoms with Crippen LogP contribution in [0.4, 0.5) is 0 Å². The molecule has 1 N–H and O–H groups in total. The molecule has 1 aliphatic carbocycles. The number of likely N-dealkylation sites (tertiary alicyclic amines) is 1. The Labute approximate surface area is 138 Å². The molecular formula is C18H28N2O3. The van der Waals surface area contributed by atoms with E-state index in [1.54, 1.807) is 0 Å². The molecule has 2 aliphatic rings. The first-order valence-corrected chi connectivity index (χ1v) is 8.62. The first kappa shape index (κ1) is 17.7. The van der Waals surface area contributed by atoms with Crippen molar-refractivity contribution in [3.05, 3.63) is 12.2 Å². The molecule has 1 saturated heterocycles. The summed E-state index contributed by atoms with van der Waals surface area (Å²) in [6.07, 6.45) is 5.65. The molecule has 5 heteroatoms. The molecular weight excluding hydrogens is 292 g/mol. The molecule has 0 unspecified atom stereocenters. The lowest BCUT2D eigenvalue weighted by Crippen LogP contribution is -2.51. The number of fused-ring (bicyclic) bond motifs is 1. The zero-order chi connectivity index (χ0) is 17.1. The maximum atomic E-state index is 12.7. The summed E-state index contributed by atoms with van der Waals surface area (Å²) >= 11 is 0. The summed E-state index contributed by atoms with van der Waals surface area (Å²) in [5.41, 5.74) is 0. The molecule has 1 fully saturated rings. The fourth-order valence-corrected chi connectivity index (χ4v) is 3.33. The fourth-order valence-electron chi connectivity index (χ4n) is 3.33. The third-order valence-corrected chi connectivity index (χ3v) is 4.54. The first-order chi connectivity index (χ1) is 10.8. The van der Waals surface area contributed by atoms with Gasteiger partial charge in [0.25, 0.3) is 0 Å². The van der Waals surface area contributed by atoms with E-state index in [4.69, 9.17) is 0 Å². The summed E-state index contributed by atoms with van der Waals surface area (Å²) < 4.78 is 0. The number of hydrogen-bond acceptors (Lipinski definition) is 3. The van der Waals surface area contributed by atoms with Gasteiger partial charge in [-0.25, -0.2) is 0 Å². The van der Waals surface area contributed by atoms with E-state index >= 15 is 0 Å². The summed E-state index contributed by atoms with van der Waals surface area (Å²) in [5, 5.41) is 2.89. The molecule has 5 nitrogen and oxygen atoms in total. The zero-order valence-corrected chi connectivity index (χ0v) is 14.5. The van der Waals surface area contributed by atoms with Crippen LogP contribution in [0.15, 0.2) is 12.2 Å². The minimum Gasteiger partial charge on any atom is -0.354 e. The maximum Gasteiger partial charge on any atom is 0.243 e. The lowest BCUT2D eigenvalue weighted by atomic mass is 9.85. The van der Waals surface area contributed by atoms with Gasteiger partial charge in [-0.3, -0.25) is 19.3 Å². The molecule has 2 rings (SSSR count). The number of amides is 3. The number of nitrogens with one attached hydrogen (secondary N) is 1. The smallest absolute Gasteiger partial charge is 0.243 e. The Morgan fingerprint density at radius 3 is 2.04 bits per heavy atom. The first-order valence-electron chi connectivity index (χ1n) is 8.62. The Kier molecular flexibility index (Phi) is 5.60. The number of allylic oxidation sites excluding steroid dienone is 2. The molecule has 3 atom stereocenters. The highest BCUT2D eigenvalue weighted by molar-refractivity contribution is 6.08. The van der Waals surface area contributed by atoms with Crippen LogP contribution in [0.2, 0.25) is 0 Å². The largest absolute Gasteiger partial charge is 0.354 e. The lowest BCUT2D eigenvalue weighted by Gasteiger charge is -2.27. The monoisotopic (exact) mass is 320 g/mol. The number of rotatable bonds is 6. The predicted octanol–water partition coefficient (Wildman–Crippen LogP) is 2.12. The number of carbonyl (C=O) groups is 3. The maximum absolute atomic E-state index is 12.7. The summed E-state index contributed by atoms with van der Waals surface area (Å²) in [6.45, 7) is 8.59. The van der Waals surface area contributed by atoms with Crippen molar-refractivity contribution >= 4 is 17.7 Å². The molecule has 128 valence electrons. The molecule has 0 aromatic heterocycles. The van der Waals surface area contributed by atoms with Crippen molar-refractivity contribution < 1.29 is 14.4 Å². The van der Waals surface area contributed by atoms with Crippen molar-refractivity contribution in [1.82, 2.24) is 10.2 Å². The average molecular weight is 320 g/mol. The van der Waals surface area contributed by atoms with E-state index in [1.165, 1.54) is 4.90 Å². The van der Waals surface area contributed by atoms with Crippen molar-refractivity contribution in [3.63, 3.8) is 0 Å². The van der Waals surface area contributed by atoms with Gasteiger partial charge >= 0.3 is 0 Å². The van der Waals surface area contributed by atoms with Crippen LogP contribution in [0.5, 0.6) is 0 Å². The van der Waals surface area contributed by atoms with Crippen LogP contribution in [0.1, 0.15) is 47.0 Å². The normalized spacial score (nSPS) is 25.2. The predicted molar refractivity (Wildman–Crippen MR) is 88.3 cm³/mol. The van der Waals surface area contributed by atoms with Gasteiger partial charge in [0.15, 0.2) is 0 Å². The van der Waals surface area contributed by atoms with E-state index < -0.39 is 6.04 Å². The van der Waals surface area contributed by atoms with Gasteiger partial charge in [-0.1, -0.05) is 39.8 Å². The number of nitrogens with zero attached hydrogens (tertiary/aromatic N) is 1. The molecule has 0 radical (unpaired) electrons. The molecule has 0 aromatic carbocycles. The second-order valence-corrected chi connectivity index (χ2v) is 7.49. The molecule has 0 aromatic rings. The van der Waals surface area contributed by atoms with Crippen LogP contribution in [-0.4, -0.2) is 35.2 Å². The number of carbonyl (C=O) groups excluding carboxylic acids is 3. The summed E-state index contributed by atoms with van der Waals surface area (Å²) in [5.74, 6) is -0.549. The lowest BCUT2D eigenvalue weighted by molar-refractivity contribution is -0.148. The number of hydrogen-bond donors (Lipinski definition) is 1. The standard InChI is InChI=1S/C18H28N2O3/c1-11(2)9-15(16(21)19-10-12(3)4)20-17(22)13-7-5-6-8-14(13)18(20)23/h5-6,11-15H,7-10H2,1-4H3,(H,19,21)/t13-,14-,15-/m0/s1. The van der Waals surface area contributed by atoms with Crippen molar-refractivity contribution in [2.75, 3.05) is 6.54 Å². The summed E-state index contributed by atoms with van der Waals surface area (Å²) in [7, 11) is 0. The van der Waals surface area contributed by atoms with E-state index in [9.17, 15) is 14.4 Å². The molecule has 1 aliphatic heterocycles. The van der Waals surface area contributed by atoms with Gasteiger partial charge in [-0.15, -0.1) is 0 Å². The van der Waals surface area contributed by atoms with Gasteiger partial charge in [-0.05, 0) is 31.1 Å². The number of imide groups is 1. The van der Waals surface area contributed by atoms with Crippen LogP contribution in [0.3, 0.4) is 0 Å². The second kappa shape index (κ2) is 7.28. The van der Waals surface area contributed by atoms with Crippen LogP contribution < -0.4 is 5.32 Å². The van der Waals surface area contributed by atoms with Gasteiger partial charge in [0.1, 0.15) is 6.04 Å². The van der Waals surface area contributed by atoms with Gasteiger partial charge in [0.2, 0.25) is 17.7 Å². The highest BCUT2D eigenvalue weighted by atomic mass is 16.2. The van der Waals surface area contributed by atoms with Crippen molar-refractivity contribution in [3.8, 4) is 0 Å². The van der Waals surface area contributed by atoms with Crippen LogP contribution in [0, 0.1) is 23.7 Å². The van der Waals surface area contributed by atoms with E-state index in [0.717, 1.165) is 0 Å². The quantitative estimate of drug-likeness (QED) is 0.602. The van der Waals surface area contributed by atoms with Crippen molar-refractivity contribution in [1.29, 1.82) is 0 Å². The van der Waals surface area contributed by atoms with E-state index in [0.29, 0.717) is 31.7 Å². The van der Waals surface area contributed by atoms with E-state index in [-0.39, 0.29) is 35.5 Å². The summed E-state index contributed by atoms with van der Waals surface area (Å²) in [4.78, 5) is 39.3. The van der Waals surface area contributed by atoms with Crippen LogP contribution in [0.25, 0.3) is 0 Å². The second-order valence-electron chi connectivity index (χ2n) is 7.49. The van der Waals surface area contributed by atoms with Gasteiger partial charge in [-0.2, -0.15) is 0 Å². The van der Waals surface area contributed by atoms with Gasteiger partial charge in [0, 0.05) is 6.54 Å². The molecule has 23 heavy (non-hydrogen) atoms. The van der Waals surface area contributed by atoms with E-state index in [2.05, 4.69) is 5.32 Å². The van der Waals surface area contributed by atoms with Crippen molar-refractivity contribution in [2.45, 2.75) is 53.0 Å². The van der Waals surface area contributed by atoms with Gasteiger partial charge in [0.05, 0.1) is 11.8 Å². The minimum absolute atomic E-state index is 0.172.